The van der Waals surface area contributed by atoms with E-state index in [9.17, 15) is 14.7 Å². The molecule has 0 saturated carbocycles. The first-order chi connectivity index (χ1) is 15.9. The lowest BCUT2D eigenvalue weighted by Gasteiger charge is -2.10. The summed E-state index contributed by atoms with van der Waals surface area (Å²) in [5, 5.41) is 16.8. The molecule has 0 aliphatic heterocycles. The summed E-state index contributed by atoms with van der Waals surface area (Å²) < 4.78 is 0. The van der Waals surface area contributed by atoms with E-state index in [1.807, 2.05) is 49.4 Å². The molecular weight excluding hydrogens is 414 g/mol. The van der Waals surface area contributed by atoms with Gasteiger partial charge in [-0.3, -0.25) is 9.59 Å². The summed E-state index contributed by atoms with van der Waals surface area (Å²) in [7, 11) is 0. The molecule has 2 amide bonds. The first-order valence-electron chi connectivity index (χ1n) is 10.4. The molecule has 0 heterocycles. The van der Waals surface area contributed by atoms with Crippen LogP contribution in [0.25, 0.3) is 6.08 Å². The highest BCUT2D eigenvalue weighted by Gasteiger charge is 2.15. The Labute approximate surface area is 193 Å². The number of carbonyl (C=O) groups is 2. The molecule has 0 aliphatic rings. The van der Waals surface area contributed by atoms with E-state index in [4.69, 9.17) is 0 Å². The number of hydrazone groups is 1. The summed E-state index contributed by atoms with van der Waals surface area (Å²) in [5.41, 5.74) is 5.58. The maximum atomic E-state index is 12.9. The molecule has 0 unspecified atom stereocenters. The standard InChI is InChI=1S/C27H25N3O3/c1-19(17-21-11-5-3-6-12-21)18-24(28-26(32)22-13-7-4-8-14-22)27(33)30-29-20(2)23-15-9-10-16-25(23)31/h3-18,31H,1-2H3,(H,28,32)(H,30,33)/b19-17+,24-18-,29-20-. The van der Waals surface area contributed by atoms with Crippen LogP contribution in [-0.2, 0) is 4.79 Å². The molecular formula is C27H25N3O3. The van der Waals surface area contributed by atoms with E-state index in [1.54, 1.807) is 61.5 Å². The number of para-hydroxylation sites is 1. The van der Waals surface area contributed by atoms with Crippen molar-refractivity contribution in [1.82, 2.24) is 10.7 Å². The average molecular weight is 440 g/mol. The molecule has 6 heteroatoms. The minimum atomic E-state index is -0.588. The third-order valence-electron chi connectivity index (χ3n) is 4.71. The van der Waals surface area contributed by atoms with Gasteiger partial charge in [0.15, 0.2) is 0 Å². The number of rotatable bonds is 7. The maximum Gasteiger partial charge on any atom is 0.287 e. The Kier molecular flexibility index (Phi) is 7.91. The number of nitrogens with one attached hydrogen (secondary N) is 2. The number of carbonyl (C=O) groups excluding carboxylic acids is 2. The Morgan fingerprint density at radius 3 is 2.12 bits per heavy atom. The van der Waals surface area contributed by atoms with Gasteiger partial charge < -0.3 is 10.4 Å². The van der Waals surface area contributed by atoms with Gasteiger partial charge in [-0.1, -0.05) is 66.7 Å². The van der Waals surface area contributed by atoms with Crippen LogP contribution in [0.2, 0.25) is 0 Å². The van der Waals surface area contributed by atoms with E-state index in [-0.39, 0.29) is 11.4 Å². The largest absolute Gasteiger partial charge is 0.507 e. The van der Waals surface area contributed by atoms with Crippen molar-refractivity contribution in [2.45, 2.75) is 13.8 Å². The van der Waals surface area contributed by atoms with E-state index >= 15 is 0 Å². The highest BCUT2D eigenvalue weighted by atomic mass is 16.3. The Hall–Kier alpha value is -4.45. The number of benzene rings is 3. The molecule has 3 aromatic carbocycles. The number of allylic oxidation sites excluding steroid dienone is 2. The van der Waals surface area contributed by atoms with Crippen molar-refractivity contribution in [3.63, 3.8) is 0 Å². The molecule has 0 atom stereocenters. The zero-order chi connectivity index (χ0) is 23.6. The van der Waals surface area contributed by atoms with Gasteiger partial charge in [-0.15, -0.1) is 0 Å². The van der Waals surface area contributed by atoms with Crippen LogP contribution in [0.1, 0.15) is 35.3 Å². The SMILES string of the molecule is C/C(=N/NC(=O)/C(=C/C(C)=C/c1ccccc1)NC(=O)c1ccccc1)c1ccccc1O. The van der Waals surface area contributed by atoms with Crippen LogP contribution in [0.15, 0.2) is 107 Å². The smallest absolute Gasteiger partial charge is 0.287 e. The second kappa shape index (κ2) is 11.2. The van der Waals surface area contributed by atoms with Crippen molar-refractivity contribution in [2.75, 3.05) is 0 Å². The highest BCUT2D eigenvalue weighted by molar-refractivity contribution is 6.05. The van der Waals surface area contributed by atoms with Gasteiger partial charge >= 0.3 is 0 Å². The summed E-state index contributed by atoms with van der Waals surface area (Å²) in [6, 6.07) is 25.0. The van der Waals surface area contributed by atoms with Crippen LogP contribution in [0.5, 0.6) is 5.75 Å². The van der Waals surface area contributed by atoms with Gasteiger partial charge in [0, 0.05) is 11.1 Å². The van der Waals surface area contributed by atoms with Crippen LogP contribution in [0.4, 0.5) is 0 Å². The molecule has 0 aliphatic carbocycles. The van der Waals surface area contributed by atoms with Crippen LogP contribution < -0.4 is 10.7 Å². The monoisotopic (exact) mass is 439 g/mol. The Morgan fingerprint density at radius 2 is 1.45 bits per heavy atom. The van der Waals surface area contributed by atoms with Crippen LogP contribution in [0.3, 0.4) is 0 Å². The molecule has 3 rings (SSSR count). The second-order valence-corrected chi connectivity index (χ2v) is 7.33. The summed E-state index contributed by atoms with van der Waals surface area (Å²) in [5.74, 6) is -0.941. The fourth-order valence-electron chi connectivity index (χ4n) is 3.06. The fraction of sp³-hybridized carbons (Fsp3) is 0.0741. The molecule has 6 nitrogen and oxygen atoms in total. The van der Waals surface area contributed by atoms with Gasteiger partial charge in [0.1, 0.15) is 11.4 Å². The number of phenols is 1. The molecule has 0 fully saturated rings. The molecule has 166 valence electrons. The minimum absolute atomic E-state index is 0.0439. The van der Waals surface area contributed by atoms with Gasteiger partial charge in [0.25, 0.3) is 11.8 Å². The van der Waals surface area contributed by atoms with Gasteiger partial charge in [0.05, 0.1) is 5.71 Å². The summed E-state index contributed by atoms with van der Waals surface area (Å²) in [6.45, 7) is 3.51. The first kappa shape index (κ1) is 23.2. The second-order valence-electron chi connectivity index (χ2n) is 7.33. The molecule has 33 heavy (non-hydrogen) atoms. The lowest BCUT2D eigenvalue weighted by Crippen LogP contribution is -2.33. The van der Waals surface area contributed by atoms with Crippen molar-refractivity contribution in [2.24, 2.45) is 5.10 Å². The third kappa shape index (κ3) is 6.77. The van der Waals surface area contributed by atoms with Crippen LogP contribution in [-0.4, -0.2) is 22.6 Å². The fourth-order valence-corrected chi connectivity index (χ4v) is 3.06. The minimum Gasteiger partial charge on any atom is -0.507 e. The van der Waals surface area contributed by atoms with Crippen molar-refractivity contribution in [1.29, 1.82) is 0 Å². The quantitative estimate of drug-likeness (QED) is 0.217. The number of phenolic OH excluding ortho intramolecular Hbond substituents is 1. The summed E-state index contributed by atoms with van der Waals surface area (Å²) >= 11 is 0. The zero-order valence-corrected chi connectivity index (χ0v) is 18.4. The van der Waals surface area contributed by atoms with Crippen molar-refractivity contribution >= 4 is 23.6 Å². The molecule has 0 spiro atoms. The third-order valence-corrected chi connectivity index (χ3v) is 4.71. The summed E-state index contributed by atoms with van der Waals surface area (Å²) in [6.07, 6.45) is 3.49. The van der Waals surface area contributed by atoms with Crippen molar-refractivity contribution in [3.05, 3.63) is 119 Å². The molecule has 0 saturated heterocycles. The predicted octanol–water partition coefficient (Wildman–Crippen LogP) is 4.65. The Balaban J connectivity index is 1.86. The first-order valence-corrected chi connectivity index (χ1v) is 10.4. The molecule has 0 aromatic heterocycles. The van der Waals surface area contributed by atoms with Gasteiger partial charge in [-0.2, -0.15) is 5.10 Å². The van der Waals surface area contributed by atoms with Crippen molar-refractivity contribution in [3.8, 4) is 5.75 Å². The van der Waals surface area contributed by atoms with Gasteiger partial charge in [-0.25, -0.2) is 5.43 Å². The van der Waals surface area contributed by atoms with Crippen LogP contribution in [0, 0.1) is 0 Å². The van der Waals surface area contributed by atoms with E-state index in [1.165, 1.54) is 0 Å². The van der Waals surface area contributed by atoms with E-state index < -0.39 is 11.8 Å². The zero-order valence-electron chi connectivity index (χ0n) is 18.4. The topological polar surface area (TPSA) is 90.8 Å². The number of amides is 2. The number of hydrogen-bond donors (Lipinski definition) is 3. The normalized spacial score (nSPS) is 12.2. The Bertz CT molecular complexity index is 1210. The molecule has 3 aromatic rings. The Morgan fingerprint density at radius 1 is 0.848 bits per heavy atom. The van der Waals surface area contributed by atoms with Gasteiger partial charge in [0.2, 0.25) is 0 Å². The van der Waals surface area contributed by atoms with Crippen molar-refractivity contribution < 1.29 is 14.7 Å². The number of aromatic hydroxyl groups is 1. The number of hydrogen-bond acceptors (Lipinski definition) is 4. The molecule has 0 bridgehead atoms. The average Bonchev–Trinajstić information content (AvgIpc) is 2.83. The van der Waals surface area contributed by atoms with E-state index in [0.29, 0.717) is 16.8 Å². The highest BCUT2D eigenvalue weighted by Crippen LogP contribution is 2.16. The van der Waals surface area contributed by atoms with Crippen LogP contribution >= 0.6 is 0 Å². The summed E-state index contributed by atoms with van der Waals surface area (Å²) in [4.78, 5) is 25.6. The molecule has 0 radical (unpaired) electrons. The van der Waals surface area contributed by atoms with E-state index in [2.05, 4.69) is 15.8 Å². The van der Waals surface area contributed by atoms with E-state index in [0.717, 1.165) is 11.1 Å². The molecule has 3 N–H and O–H groups in total. The van der Waals surface area contributed by atoms with Gasteiger partial charge in [-0.05, 0) is 55.3 Å². The lowest BCUT2D eigenvalue weighted by molar-refractivity contribution is -0.117. The lowest BCUT2D eigenvalue weighted by atomic mass is 10.1. The number of nitrogens with zero attached hydrogens (tertiary/aromatic N) is 1. The maximum absolute atomic E-state index is 12.9. The predicted molar refractivity (Wildman–Crippen MR) is 131 cm³/mol.